The van der Waals surface area contributed by atoms with Crippen LogP contribution < -0.4 is 5.73 Å². The van der Waals surface area contributed by atoms with E-state index in [1.165, 1.54) is 6.07 Å². The van der Waals surface area contributed by atoms with E-state index in [4.69, 9.17) is 10.8 Å². The summed E-state index contributed by atoms with van der Waals surface area (Å²) in [7, 11) is 0. The summed E-state index contributed by atoms with van der Waals surface area (Å²) in [4.78, 5) is 34.7. The van der Waals surface area contributed by atoms with Crippen molar-refractivity contribution in [3.05, 3.63) is 34.9 Å². The van der Waals surface area contributed by atoms with Gasteiger partial charge in [0.25, 0.3) is 0 Å². The molecule has 0 saturated carbocycles. The second kappa shape index (κ2) is 7.02. The molecular formula is C16H23NO4. The minimum absolute atomic E-state index is 0. The van der Waals surface area contributed by atoms with E-state index in [2.05, 4.69) is 0 Å². The van der Waals surface area contributed by atoms with Crippen molar-refractivity contribution in [3.63, 3.8) is 0 Å². The number of aromatic carboxylic acids is 1. The summed E-state index contributed by atoms with van der Waals surface area (Å²) in [6.07, 6.45) is 0.550. The van der Waals surface area contributed by atoms with E-state index < -0.39 is 17.8 Å². The van der Waals surface area contributed by atoms with E-state index in [0.29, 0.717) is 17.5 Å². The minimum atomic E-state index is -1.07. The standard InChI is InChI=1S/C16H21NO4.H2/c1-9(2)6-12(15(17)19)8-14(18)11-5-4-10(3)13(7-11)16(20)21;/h4-5,7,9,12H,6,8H2,1-3H3,(H2,17,19)(H,20,21);1H. The molecule has 1 atom stereocenters. The topological polar surface area (TPSA) is 97.5 Å². The van der Waals surface area contributed by atoms with E-state index in [1.54, 1.807) is 19.1 Å². The lowest BCUT2D eigenvalue weighted by Gasteiger charge is -2.15. The van der Waals surface area contributed by atoms with Crippen molar-refractivity contribution in [2.24, 2.45) is 17.6 Å². The van der Waals surface area contributed by atoms with Gasteiger partial charge in [-0.3, -0.25) is 9.59 Å². The molecule has 116 valence electrons. The van der Waals surface area contributed by atoms with Crippen molar-refractivity contribution >= 4 is 17.7 Å². The lowest BCUT2D eigenvalue weighted by molar-refractivity contribution is -0.122. The maximum atomic E-state index is 12.2. The molecular weight excluding hydrogens is 270 g/mol. The Labute approximate surface area is 125 Å². The number of carboxylic acids is 1. The highest BCUT2D eigenvalue weighted by atomic mass is 16.4. The summed E-state index contributed by atoms with van der Waals surface area (Å²) in [6, 6.07) is 4.53. The van der Waals surface area contributed by atoms with Gasteiger partial charge in [0.1, 0.15) is 0 Å². The van der Waals surface area contributed by atoms with Crippen LogP contribution in [0, 0.1) is 18.8 Å². The molecule has 0 bridgehead atoms. The summed E-state index contributed by atoms with van der Waals surface area (Å²) in [5.41, 5.74) is 6.32. The minimum Gasteiger partial charge on any atom is -0.478 e. The van der Waals surface area contributed by atoms with Crippen LogP contribution in [0.1, 0.15) is 54.4 Å². The number of carboxylic acid groups (broad SMARTS) is 1. The second-order valence-electron chi connectivity index (χ2n) is 5.69. The number of benzene rings is 1. The first kappa shape index (κ1) is 16.9. The molecule has 1 aromatic rings. The van der Waals surface area contributed by atoms with E-state index in [0.717, 1.165) is 0 Å². The summed E-state index contributed by atoms with van der Waals surface area (Å²) >= 11 is 0. The largest absolute Gasteiger partial charge is 0.478 e. The smallest absolute Gasteiger partial charge is 0.335 e. The molecule has 0 aliphatic carbocycles. The van der Waals surface area contributed by atoms with Gasteiger partial charge in [-0.1, -0.05) is 26.0 Å². The zero-order valence-electron chi connectivity index (χ0n) is 12.6. The number of amides is 1. The maximum absolute atomic E-state index is 12.2. The van der Waals surface area contributed by atoms with Crippen LogP contribution in [0.4, 0.5) is 0 Å². The predicted molar refractivity (Wildman–Crippen MR) is 81.3 cm³/mol. The Kier molecular flexibility index (Phi) is 5.64. The molecule has 0 spiro atoms. The van der Waals surface area contributed by atoms with Gasteiger partial charge in [0.2, 0.25) is 5.91 Å². The van der Waals surface area contributed by atoms with E-state index in [1.807, 2.05) is 13.8 Å². The van der Waals surface area contributed by atoms with Crippen molar-refractivity contribution < 1.29 is 20.9 Å². The Balaban J connectivity index is 0.00000441. The maximum Gasteiger partial charge on any atom is 0.335 e. The Morgan fingerprint density at radius 3 is 2.38 bits per heavy atom. The van der Waals surface area contributed by atoms with Gasteiger partial charge in [0, 0.05) is 19.3 Å². The second-order valence-corrected chi connectivity index (χ2v) is 5.69. The van der Waals surface area contributed by atoms with Crippen molar-refractivity contribution in [2.75, 3.05) is 0 Å². The SMILES string of the molecule is Cc1ccc(C(=O)CC(CC(C)C)C(N)=O)cc1C(=O)O.[HH]. The number of aryl methyl sites for hydroxylation is 1. The summed E-state index contributed by atoms with van der Waals surface area (Å²) in [5.74, 6) is -2.10. The summed E-state index contributed by atoms with van der Waals surface area (Å²) < 4.78 is 0. The van der Waals surface area contributed by atoms with E-state index >= 15 is 0 Å². The molecule has 3 N–H and O–H groups in total. The number of hydrogen-bond donors (Lipinski definition) is 2. The monoisotopic (exact) mass is 293 g/mol. The van der Waals surface area contributed by atoms with Crippen molar-refractivity contribution in [2.45, 2.75) is 33.6 Å². The fourth-order valence-electron chi connectivity index (χ4n) is 2.24. The first-order chi connectivity index (χ1) is 9.72. The Morgan fingerprint density at radius 1 is 1.29 bits per heavy atom. The molecule has 21 heavy (non-hydrogen) atoms. The molecule has 1 rings (SSSR count). The number of nitrogens with two attached hydrogens (primary N) is 1. The van der Waals surface area contributed by atoms with Gasteiger partial charge in [-0.15, -0.1) is 0 Å². The van der Waals surface area contributed by atoms with Gasteiger partial charge < -0.3 is 10.8 Å². The Morgan fingerprint density at radius 2 is 1.90 bits per heavy atom. The number of carbonyl (C=O) groups excluding carboxylic acids is 2. The van der Waals surface area contributed by atoms with Crippen LogP contribution in [-0.2, 0) is 4.79 Å². The normalized spacial score (nSPS) is 12.2. The number of ketones is 1. The van der Waals surface area contributed by atoms with Gasteiger partial charge in [-0.2, -0.15) is 0 Å². The first-order valence-electron chi connectivity index (χ1n) is 6.88. The molecule has 0 aromatic heterocycles. The van der Waals surface area contributed by atoms with Crippen LogP contribution in [0.3, 0.4) is 0 Å². The van der Waals surface area contributed by atoms with Gasteiger partial charge in [0.05, 0.1) is 5.56 Å². The van der Waals surface area contributed by atoms with Crippen LogP contribution in [0.25, 0.3) is 0 Å². The zero-order chi connectivity index (χ0) is 16.2. The molecule has 0 heterocycles. The lowest BCUT2D eigenvalue weighted by atomic mass is 9.89. The van der Waals surface area contributed by atoms with Gasteiger partial charge >= 0.3 is 5.97 Å². The molecule has 0 fully saturated rings. The predicted octanol–water partition coefficient (Wildman–Crippen LogP) is 2.66. The number of hydrogen-bond acceptors (Lipinski definition) is 3. The van der Waals surface area contributed by atoms with Crippen molar-refractivity contribution in [1.82, 2.24) is 0 Å². The molecule has 0 radical (unpaired) electrons. The third-order valence-corrected chi connectivity index (χ3v) is 3.38. The third-order valence-electron chi connectivity index (χ3n) is 3.38. The van der Waals surface area contributed by atoms with Crippen molar-refractivity contribution in [3.8, 4) is 0 Å². The Hall–Kier alpha value is -2.17. The highest BCUT2D eigenvalue weighted by Gasteiger charge is 2.22. The zero-order valence-corrected chi connectivity index (χ0v) is 12.6. The van der Waals surface area contributed by atoms with E-state index in [-0.39, 0.29) is 25.1 Å². The van der Waals surface area contributed by atoms with Crippen LogP contribution in [0.15, 0.2) is 18.2 Å². The van der Waals surface area contributed by atoms with Crippen LogP contribution >= 0.6 is 0 Å². The quantitative estimate of drug-likeness (QED) is 0.755. The van der Waals surface area contributed by atoms with Crippen molar-refractivity contribution in [1.29, 1.82) is 0 Å². The number of Topliss-reactive ketones (excluding diaryl/α,β-unsaturated/α-hetero) is 1. The molecule has 0 saturated heterocycles. The van der Waals surface area contributed by atoms with Gasteiger partial charge in [0.15, 0.2) is 5.78 Å². The number of carbonyl (C=O) groups is 3. The summed E-state index contributed by atoms with van der Waals surface area (Å²) in [5, 5.41) is 9.08. The molecule has 0 aliphatic rings. The molecule has 1 unspecified atom stereocenters. The van der Waals surface area contributed by atoms with Crippen LogP contribution in [0.5, 0.6) is 0 Å². The van der Waals surface area contributed by atoms with E-state index in [9.17, 15) is 14.4 Å². The molecule has 1 amide bonds. The average Bonchev–Trinajstić information content (AvgIpc) is 2.37. The highest BCUT2D eigenvalue weighted by Crippen LogP contribution is 2.19. The first-order valence-corrected chi connectivity index (χ1v) is 6.88. The molecule has 5 nitrogen and oxygen atoms in total. The highest BCUT2D eigenvalue weighted by molar-refractivity contribution is 6.01. The van der Waals surface area contributed by atoms with Gasteiger partial charge in [-0.05, 0) is 30.9 Å². The number of rotatable bonds is 7. The summed E-state index contributed by atoms with van der Waals surface area (Å²) in [6.45, 7) is 5.58. The fourth-order valence-corrected chi connectivity index (χ4v) is 2.24. The fraction of sp³-hybridized carbons (Fsp3) is 0.438. The average molecular weight is 293 g/mol. The molecule has 5 heteroatoms. The molecule has 0 aliphatic heterocycles. The van der Waals surface area contributed by atoms with Gasteiger partial charge in [-0.25, -0.2) is 4.79 Å². The Bertz CT molecular complexity index is 569. The molecule has 1 aromatic carbocycles. The van der Waals surface area contributed by atoms with Crippen LogP contribution in [0.2, 0.25) is 0 Å². The number of primary amides is 1. The lowest BCUT2D eigenvalue weighted by Crippen LogP contribution is -2.27. The van der Waals surface area contributed by atoms with Crippen LogP contribution in [-0.4, -0.2) is 22.8 Å². The third kappa shape index (κ3) is 4.70.